The minimum Gasteiger partial charge on any atom is -0.480 e. The number of aliphatic carboxylic acids is 1. The maximum Gasteiger partial charge on any atom is 0.319 e. The van der Waals surface area contributed by atoms with Crippen LogP contribution in [0, 0.1) is 0 Å². The van der Waals surface area contributed by atoms with Crippen LogP contribution in [0.2, 0.25) is 0 Å². The summed E-state index contributed by atoms with van der Waals surface area (Å²) >= 11 is 4.19. The molecule has 0 fully saturated rings. The Labute approximate surface area is 89.4 Å². The van der Waals surface area contributed by atoms with Crippen LogP contribution in [0.5, 0.6) is 0 Å². The number of carboxylic acids is 1. The van der Waals surface area contributed by atoms with Gasteiger partial charge in [0.25, 0.3) is 0 Å². The zero-order chi connectivity index (χ0) is 10.8. The summed E-state index contributed by atoms with van der Waals surface area (Å²) in [6.45, 7) is 3.49. The lowest BCUT2D eigenvalue weighted by Gasteiger charge is -2.26. The molecule has 0 bridgehead atoms. The third-order valence-electron chi connectivity index (χ3n) is 2.58. The van der Waals surface area contributed by atoms with E-state index in [1.54, 1.807) is 6.92 Å². The van der Waals surface area contributed by atoms with E-state index in [2.05, 4.69) is 12.6 Å². The highest BCUT2D eigenvalue weighted by Crippen LogP contribution is 2.33. The molecule has 0 aliphatic rings. The van der Waals surface area contributed by atoms with Crippen LogP contribution in [-0.2, 0) is 4.79 Å². The Morgan fingerprint density at radius 1 is 1.43 bits per heavy atom. The van der Waals surface area contributed by atoms with E-state index >= 15 is 0 Å². The number of carbonyl (C=O) groups is 1. The summed E-state index contributed by atoms with van der Waals surface area (Å²) < 4.78 is -1.03. The first kappa shape index (κ1) is 11.1. The highest BCUT2D eigenvalue weighted by atomic mass is 32.1. The van der Waals surface area contributed by atoms with E-state index in [0.29, 0.717) is 0 Å². The van der Waals surface area contributed by atoms with Crippen molar-refractivity contribution in [3.8, 4) is 0 Å². The first-order valence-corrected chi connectivity index (χ1v) is 4.91. The molecule has 2 unspecified atom stereocenters. The SMILES string of the molecule is CC(c1ccccc1)C(C)(S)C(=O)O. The fourth-order valence-electron chi connectivity index (χ4n) is 1.25. The van der Waals surface area contributed by atoms with Crippen molar-refractivity contribution in [1.82, 2.24) is 0 Å². The summed E-state index contributed by atoms with van der Waals surface area (Å²) in [5, 5.41) is 9.00. The molecule has 0 aliphatic carbocycles. The first-order valence-electron chi connectivity index (χ1n) is 4.47. The lowest BCUT2D eigenvalue weighted by atomic mass is 9.88. The Kier molecular flexibility index (Phi) is 3.21. The molecule has 0 saturated heterocycles. The van der Waals surface area contributed by atoms with Gasteiger partial charge in [0.1, 0.15) is 4.75 Å². The van der Waals surface area contributed by atoms with Gasteiger partial charge in [0.2, 0.25) is 0 Å². The second kappa shape index (κ2) is 4.05. The fraction of sp³-hybridized carbons (Fsp3) is 0.364. The van der Waals surface area contributed by atoms with E-state index in [-0.39, 0.29) is 5.92 Å². The molecule has 3 heteroatoms. The molecule has 14 heavy (non-hydrogen) atoms. The molecule has 76 valence electrons. The van der Waals surface area contributed by atoms with Crippen molar-refractivity contribution in [3.05, 3.63) is 35.9 Å². The van der Waals surface area contributed by atoms with E-state index in [0.717, 1.165) is 5.56 Å². The van der Waals surface area contributed by atoms with Crippen LogP contribution in [-0.4, -0.2) is 15.8 Å². The second-order valence-electron chi connectivity index (χ2n) is 3.59. The van der Waals surface area contributed by atoms with Gasteiger partial charge in [-0.1, -0.05) is 37.3 Å². The second-order valence-corrected chi connectivity index (χ2v) is 4.51. The van der Waals surface area contributed by atoms with Gasteiger partial charge in [0.15, 0.2) is 0 Å². The van der Waals surface area contributed by atoms with Crippen LogP contribution in [0.25, 0.3) is 0 Å². The smallest absolute Gasteiger partial charge is 0.319 e. The summed E-state index contributed by atoms with van der Waals surface area (Å²) in [4.78, 5) is 11.0. The minimum atomic E-state index is -1.03. The quantitative estimate of drug-likeness (QED) is 0.752. The third kappa shape index (κ3) is 2.10. The summed E-state index contributed by atoms with van der Waals surface area (Å²) in [6, 6.07) is 9.55. The number of benzene rings is 1. The van der Waals surface area contributed by atoms with Gasteiger partial charge in [-0.25, -0.2) is 0 Å². The van der Waals surface area contributed by atoms with Crippen molar-refractivity contribution in [3.63, 3.8) is 0 Å². The average molecular weight is 210 g/mol. The Hall–Kier alpha value is -0.960. The standard InChI is InChI=1S/C11H14O2S/c1-8(11(2,14)10(12)13)9-6-4-3-5-7-9/h3-8,14H,1-2H3,(H,12,13). The van der Waals surface area contributed by atoms with Crippen LogP contribution in [0.3, 0.4) is 0 Å². The normalized spacial score (nSPS) is 17.1. The molecule has 0 saturated carbocycles. The zero-order valence-electron chi connectivity index (χ0n) is 8.27. The molecule has 0 radical (unpaired) electrons. The molecule has 0 spiro atoms. The Bertz CT molecular complexity index is 319. The molecule has 1 rings (SSSR count). The van der Waals surface area contributed by atoms with Crippen LogP contribution >= 0.6 is 12.6 Å². The molecule has 0 heterocycles. The first-order chi connectivity index (χ1) is 6.46. The molecular weight excluding hydrogens is 196 g/mol. The summed E-state index contributed by atoms with van der Waals surface area (Å²) in [7, 11) is 0. The van der Waals surface area contributed by atoms with Gasteiger partial charge < -0.3 is 5.11 Å². The largest absolute Gasteiger partial charge is 0.480 e. The van der Waals surface area contributed by atoms with Crippen molar-refractivity contribution in [2.24, 2.45) is 0 Å². The lowest BCUT2D eigenvalue weighted by molar-refractivity contribution is -0.139. The minimum absolute atomic E-state index is 0.121. The van der Waals surface area contributed by atoms with Gasteiger partial charge in [0.05, 0.1) is 0 Å². The summed E-state index contributed by atoms with van der Waals surface area (Å²) in [6.07, 6.45) is 0. The maximum absolute atomic E-state index is 11.0. The topological polar surface area (TPSA) is 37.3 Å². The van der Waals surface area contributed by atoms with E-state index in [9.17, 15) is 4.79 Å². The lowest BCUT2D eigenvalue weighted by Crippen LogP contribution is -2.34. The van der Waals surface area contributed by atoms with Gasteiger partial charge in [-0.3, -0.25) is 4.79 Å². The molecule has 1 aromatic rings. The van der Waals surface area contributed by atoms with Crippen molar-refractivity contribution >= 4 is 18.6 Å². The third-order valence-corrected chi connectivity index (χ3v) is 3.15. The Balaban J connectivity index is 2.96. The van der Waals surface area contributed by atoms with Crippen LogP contribution in [0.4, 0.5) is 0 Å². The molecule has 2 atom stereocenters. The van der Waals surface area contributed by atoms with Crippen LogP contribution in [0.15, 0.2) is 30.3 Å². The van der Waals surface area contributed by atoms with Gasteiger partial charge >= 0.3 is 5.97 Å². The molecule has 1 N–H and O–H groups in total. The molecular formula is C11H14O2S. The monoisotopic (exact) mass is 210 g/mol. The van der Waals surface area contributed by atoms with E-state index in [4.69, 9.17) is 5.11 Å². The number of hydrogen-bond donors (Lipinski definition) is 2. The van der Waals surface area contributed by atoms with E-state index < -0.39 is 10.7 Å². The fourth-order valence-corrected chi connectivity index (χ4v) is 1.40. The van der Waals surface area contributed by atoms with Gasteiger partial charge in [-0.2, -0.15) is 12.6 Å². The molecule has 0 aliphatic heterocycles. The molecule has 0 amide bonds. The van der Waals surface area contributed by atoms with Gasteiger partial charge in [-0.05, 0) is 12.5 Å². The highest BCUT2D eigenvalue weighted by Gasteiger charge is 2.35. The number of carboxylic acid groups (broad SMARTS) is 1. The predicted molar refractivity (Wildman–Crippen MR) is 59.9 cm³/mol. The molecule has 1 aromatic carbocycles. The van der Waals surface area contributed by atoms with Crippen molar-refractivity contribution in [2.45, 2.75) is 24.5 Å². The zero-order valence-corrected chi connectivity index (χ0v) is 9.16. The Morgan fingerprint density at radius 3 is 2.36 bits per heavy atom. The van der Waals surface area contributed by atoms with Crippen molar-refractivity contribution < 1.29 is 9.90 Å². The maximum atomic E-state index is 11.0. The summed E-state index contributed by atoms with van der Waals surface area (Å²) in [5.74, 6) is -1.01. The predicted octanol–water partition coefficient (Wildman–Crippen LogP) is 2.56. The van der Waals surface area contributed by atoms with Gasteiger partial charge in [0, 0.05) is 5.92 Å². The highest BCUT2D eigenvalue weighted by molar-refractivity contribution is 7.82. The number of hydrogen-bond acceptors (Lipinski definition) is 2. The molecule has 0 aromatic heterocycles. The number of thiol groups is 1. The van der Waals surface area contributed by atoms with Crippen LogP contribution in [0.1, 0.15) is 25.3 Å². The van der Waals surface area contributed by atoms with Crippen LogP contribution < -0.4 is 0 Å². The summed E-state index contributed by atoms with van der Waals surface area (Å²) in [5.41, 5.74) is 0.993. The van der Waals surface area contributed by atoms with Crippen molar-refractivity contribution in [2.75, 3.05) is 0 Å². The molecule has 2 nitrogen and oxygen atoms in total. The van der Waals surface area contributed by atoms with Crippen molar-refractivity contribution in [1.29, 1.82) is 0 Å². The van der Waals surface area contributed by atoms with E-state index in [1.807, 2.05) is 37.3 Å². The average Bonchev–Trinajstić information content (AvgIpc) is 2.17. The number of rotatable bonds is 3. The Morgan fingerprint density at radius 2 is 1.93 bits per heavy atom. The van der Waals surface area contributed by atoms with Gasteiger partial charge in [-0.15, -0.1) is 0 Å². The van der Waals surface area contributed by atoms with E-state index in [1.165, 1.54) is 0 Å².